The van der Waals surface area contributed by atoms with E-state index in [1.54, 1.807) is 24.3 Å². The van der Waals surface area contributed by atoms with E-state index in [0.717, 1.165) is 25.9 Å². The smallest absolute Gasteiger partial charge is 0.393 e. The summed E-state index contributed by atoms with van der Waals surface area (Å²) < 4.78 is 58.0. The highest BCUT2D eigenvalue weighted by molar-refractivity contribution is 7.97. The minimum Gasteiger partial charge on any atom is -0.393 e. The Hall–Kier alpha value is -2.81. The number of nitriles is 1. The Kier molecular flexibility index (Phi) is 5.74. The van der Waals surface area contributed by atoms with Crippen LogP contribution in [-0.2, 0) is 16.5 Å². The fraction of sp³-hybridized carbons (Fsp3) is 0.333. The highest BCUT2D eigenvalue weighted by Gasteiger charge is 2.43. The first kappa shape index (κ1) is 23.9. The third kappa shape index (κ3) is 4.03. The van der Waals surface area contributed by atoms with Gasteiger partial charge in [0.05, 0.1) is 22.1 Å². The summed E-state index contributed by atoms with van der Waals surface area (Å²) in [6.45, 7) is 5.21. The van der Waals surface area contributed by atoms with Crippen LogP contribution in [0.2, 0.25) is 0 Å². The van der Waals surface area contributed by atoms with Crippen molar-refractivity contribution in [2.45, 2.75) is 42.5 Å². The molecule has 1 saturated heterocycles. The summed E-state index contributed by atoms with van der Waals surface area (Å²) in [7, 11) is 0. The zero-order valence-electron chi connectivity index (χ0n) is 18.8. The second-order valence-electron chi connectivity index (χ2n) is 9.04. The molecule has 6 nitrogen and oxygen atoms in total. The molecule has 2 heterocycles. The van der Waals surface area contributed by atoms with Gasteiger partial charge in [0.15, 0.2) is 11.5 Å². The van der Waals surface area contributed by atoms with E-state index in [2.05, 4.69) is 11.1 Å². The Bertz CT molecular complexity index is 1430. The lowest BCUT2D eigenvalue weighted by Crippen LogP contribution is -2.31. The summed E-state index contributed by atoms with van der Waals surface area (Å²) in [5.41, 5.74) is -2.87. The zero-order valence-corrected chi connectivity index (χ0v) is 20.4. The van der Waals surface area contributed by atoms with Gasteiger partial charge in [-0.15, -0.1) is 0 Å². The van der Waals surface area contributed by atoms with Gasteiger partial charge in [-0.2, -0.15) is 18.4 Å². The van der Waals surface area contributed by atoms with Crippen LogP contribution in [0.5, 0.6) is 5.75 Å². The lowest BCUT2D eigenvalue weighted by molar-refractivity contribution is -0.0438. The maximum absolute atomic E-state index is 13.7. The molecule has 1 unspecified atom stereocenters. The summed E-state index contributed by atoms with van der Waals surface area (Å²) in [5.74, 6) is -0.444. The highest BCUT2D eigenvalue weighted by atomic mass is 32.2. The van der Waals surface area contributed by atoms with Gasteiger partial charge in [0.2, 0.25) is 0 Å². The largest absolute Gasteiger partial charge is 0.508 e. The van der Waals surface area contributed by atoms with E-state index in [1.807, 2.05) is 18.2 Å². The Morgan fingerprint density at radius 1 is 1.20 bits per heavy atom. The van der Waals surface area contributed by atoms with E-state index >= 15 is 0 Å². The van der Waals surface area contributed by atoms with Gasteiger partial charge in [-0.1, -0.05) is 19.9 Å². The molecule has 3 aromatic rings. The highest BCUT2D eigenvalue weighted by Crippen LogP contribution is 2.48. The molecule has 1 aliphatic heterocycles. The van der Waals surface area contributed by atoms with E-state index in [-0.39, 0.29) is 11.5 Å². The Balaban J connectivity index is 1.68. The monoisotopic (exact) mass is 519 g/mol. The number of H-pyrrole nitrogens is 1. The molecule has 5 rings (SSSR count). The minimum atomic E-state index is -5.04. The van der Waals surface area contributed by atoms with Crippen LogP contribution >= 0.6 is 11.9 Å². The first-order chi connectivity index (χ1) is 16.5. The van der Waals surface area contributed by atoms with Crippen molar-refractivity contribution in [3.05, 3.63) is 58.3 Å². The van der Waals surface area contributed by atoms with Crippen LogP contribution in [0.3, 0.4) is 0 Å². The number of hydrogen-bond acceptors (Lipinski definition) is 6. The van der Waals surface area contributed by atoms with Crippen LogP contribution in [-0.4, -0.2) is 37.9 Å². The fourth-order valence-corrected chi connectivity index (χ4v) is 6.22. The van der Waals surface area contributed by atoms with E-state index in [0.29, 0.717) is 43.7 Å². The summed E-state index contributed by atoms with van der Waals surface area (Å²) in [6, 6.07) is 10.1. The maximum atomic E-state index is 13.7. The molecule has 0 bridgehead atoms. The molecule has 1 aromatic heterocycles. The van der Waals surface area contributed by atoms with Gasteiger partial charge in [0.1, 0.15) is 0 Å². The van der Waals surface area contributed by atoms with Crippen molar-refractivity contribution in [3.8, 4) is 11.8 Å². The number of hydrogen-bond donors (Lipinski definition) is 1. The van der Waals surface area contributed by atoms with Gasteiger partial charge < -0.3 is 9.17 Å². The van der Waals surface area contributed by atoms with Crippen molar-refractivity contribution in [2.75, 3.05) is 13.1 Å². The number of carbonyl (C=O) groups excluding carboxylic acids is 1. The van der Waals surface area contributed by atoms with Gasteiger partial charge in [0, 0.05) is 40.7 Å². The number of carbonyl (C=O) groups is 1. The van der Waals surface area contributed by atoms with E-state index in [1.165, 1.54) is 18.0 Å². The average Bonchev–Trinajstić information content (AvgIpc) is 3.45. The number of aromatic nitrogens is 1. The molecule has 0 spiro atoms. The summed E-state index contributed by atoms with van der Waals surface area (Å²) in [5, 5.41) is 9.92. The average molecular weight is 520 g/mol. The zero-order chi connectivity index (χ0) is 25.1. The van der Waals surface area contributed by atoms with Crippen LogP contribution in [0, 0.1) is 11.3 Å². The summed E-state index contributed by atoms with van der Waals surface area (Å²) in [6.07, 6.45) is 1.91. The standard InChI is InChI=1S/C24H20F3N3O3S2/c1-23(2)16-11-18(33-35(32)24(25,26)27)19(34-30-7-3-4-8-30)10-15(16)21(31)20-14-6-5-13(12-28)9-17(14)29-22(20)23/h5-6,9-11,29H,3-4,7-8H2,1-2H3. The normalized spacial score (nSPS) is 18.2. The predicted octanol–water partition coefficient (Wildman–Crippen LogP) is 5.58. The van der Waals surface area contributed by atoms with Gasteiger partial charge in [0.25, 0.3) is 0 Å². The Morgan fingerprint density at radius 3 is 2.57 bits per heavy atom. The van der Waals surface area contributed by atoms with Gasteiger partial charge in [-0.3, -0.25) is 4.79 Å². The van der Waals surface area contributed by atoms with Crippen molar-refractivity contribution in [1.29, 1.82) is 5.26 Å². The molecular formula is C24H20F3N3O3S2. The molecule has 1 fully saturated rings. The number of benzene rings is 2. The van der Waals surface area contributed by atoms with Crippen LogP contribution in [0.15, 0.2) is 35.2 Å². The quantitative estimate of drug-likeness (QED) is 0.453. The second kappa shape index (κ2) is 8.40. The first-order valence-electron chi connectivity index (χ1n) is 10.9. The van der Waals surface area contributed by atoms with Crippen molar-refractivity contribution >= 4 is 39.7 Å². The molecule has 11 heteroatoms. The van der Waals surface area contributed by atoms with Crippen molar-refractivity contribution < 1.29 is 26.4 Å². The molecule has 35 heavy (non-hydrogen) atoms. The van der Waals surface area contributed by atoms with Crippen LogP contribution in [0.25, 0.3) is 10.9 Å². The minimum absolute atomic E-state index is 0.177. The molecule has 0 radical (unpaired) electrons. The SMILES string of the molecule is CC1(C)c2cc(OS(=O)C(F)(F)F)c(SN3CCCC3)cc2C(=O)c2c1[nH]c1cc(C#N)ccc21. The molecule has 1 aliphatic carbocycles. The van der Waals surface area contributed by atoms with E-state index in [4.69, 9.17) is 4.18 Å². The van der Waals surface area contributed by atoms with Gasteiger partial charge >= 0.3 is 16.6 Å². The fourth-order valence-electron chi connectivity index (χ4n) is 4.69. The lowest BCUT2D eigenvalue weighted by Gasteiger charge is -2.33. The van der Waals surface area contributed by atoms with Crippen LogP contribution in [0.1, 0.15) is 59.4 Å². The molecular weight excluding hydrogens is 499 g/mol. The lowest BCUT2D eigenvalue weighted by atomic mass is 9.71. The molecule has 0 amide bonds. The molecule has 1 N–H and O–H groups in total. The number of alkyl halides is 3. The number of nitrogens with zero attached hydrogens (tertiary/aromatic N) is 2. The summed E-state index contributed by atoms with van der Waals surface area (Å²) in [4.78, 5) is 17.3. The second-order valence-corrected chi connectivity index (χ2v) is 11.3. The maximum Gasteiger partial charge on any atom is 0.508 e. The molecule has 2 aromatic carbocycles. The number of fused-ring (bicyclic) bond motifs is 4. The van der Waals surface area contributed by atoms with E-state index < -0.39 is 22.0 Å². The third-order valence-electron chi connectivity index (χ3n) is 6.43. The number of nitrogens with one attached hydrogen (secondary N) is 1. The first-order valence-corrected chi connectivity index (χ1v) is 12.7. The van der Waals surface area contributed by atoms with Gasteiger partial charge in [-0.05, 0) is 54.6 Å². The predicted molar refractivity (Wildman–Crippen MR) is 127 cm³/mol. The number of aromatic amines is 1. The van der Waals surface area contributed by atoms with Crippen molar-refractivity contribution in [3.63, 3.8) is 0 Å². The molecule has 2 aliphatic rings. The number of ketones is 1. The van der Waals surface area contributed by atoms with Crippen molar-refractivity contribution in [1.82, 2.24) is 9.29 Å². The topological polar surface area (TPSA) is 86.2 Å². The molecule has 0 saturated carbocycles. The number of halogens is 3. The van der Waals surface area contributed by atoms with Crippen LogP contribution in [0.4, 0.5) is 13.2 Å². The molecule has 1 atom stereocenters. The number of rotatable bonds is 4. The summed E-state index contributed by atoms with van der Waals surface area (Å²) >= 11 is -2.34. The molecule has 182 valence electrons. The third-order valence-corrected chi connectivity index (χ3v) is 8.28. The van der Waals surface area contributed by atoms with Gasteiger partial charge in [-0.25, -0.2) is 8.51 Å². The van der Waals surface area contributed by atoms with E-state index in [9.17, 15) is 27.4 Å². The van der Waals surface area contributed by atoms with Crippen LogP contribution < -0.4 is 4.18 Å². The van der Waals surface area contributed by atoms with Crippen molar-refractivity contribution in [2.24, 2.45) is 0 Å². The Morgan fingerprint density at radius 2 is 1.91 bits per heavy atom. The Labute approximate surface area is 206 Å².